The van der Waals surface area contributed by atoms with E-state index in [1.165, 1.54) is 154 Å². The summed E-state index contributed by atoms with van der Waals surface area (Å²) in [5.41, 5.74) is 3.16. The molecule has 4 rings (SSSR count). The van der Waals surface area contributed by atoms with E-state index in [9.17, 15) is 0 Å². The first-order valence-electron chi connectivity index (χ1n) is 18.1. The minimum absolute atomic E-state index is 0.884. The summed E-state index contributed by atoms with van der Waals surface area (Å²) in [5, 5.41) is 0. The van der Waals surface area contributed by atoms with E-state index >= 15 is 0 Å². The predicted octanol–water partition coefficient (Wildman–Crippen LogP) is 12.0. The van der Waals surface area contributed by atoms with Gasteiger partial charge in [-0.25, -0.2) is 0 Å². The minimum atomic E-state index is 0.884. The van der Waals surface area contributed by atoms with Crippen LogP contribution in [0.25, 0.3) is 0 Å². The first kappa shape index (κ1) is 31.4. The van der Waals surface area contributed by atoms with Gasteiger partial charge in [-0.15, -0.1) is 0 Å². The van der Waals surface area contributed by atoms with Gasteiger partial charge in [0.25, 0.3) is 0 Å². The minimum Gasteiger partial charge on any atom is -0.373 e. The molecule has 224 valence electrons. The van der Waals surface area contributed by atoms with Gasteiger partial charge in [-0.2, -0.15) is 0 Å². The first-order valence-corrected chi connectivity index (χ1v) is 18.1. The average Bonchev–Trinajstić information content (AvgIpc) is 2.97. The Bertz CT molecular complexity index is 642. The molecule has 1 nitrogen and oxygen atoms in total. The van der Waals surface area contributed by atoms with Crippen molar-refractivity contribution in [3.63, 3.8) is 0 Å². The van der Waals surface area contributed by atoms with Crippen LogP contribution in [-0.2, 0) is 4.74 Å². The SMILES string of the molecule is CCCC1CCC(CCCC2CC=C(COCC3=CCC(CCCC4CCC(CCC)CC4)CC3)CC2)CC1. The van der Waals surface area contributed by atoms with Gasteiger partial charge in [0.1, 0.15) is 0 Å². The highest BCUT2D eigenvalue weighted by molar-refractivity contribution is 5.09. The summed E-state index contributed by atoms with van der Waals surface area (Å²) in [6, 6.07) is 0. The summed E-state index contributed by atoms with van der Waals surface area (Å²) in [4.78, 5) is 0. The van der Waals surface area contributed by atoms with Crippen molar-refractivity contribution in [2.75, 3.05) is 13.2 Å². The molecule has 0 aromatic heterocycles. The molecule has 0 saturated heterocycles. The Hall–Kier alpha value is -0.560. The normalized spacial score (nSPS) is 32.1. The molecular weight excluding hydrogens is 472 g/mol. The van der Waals surface area contributed by atoms with E-state index in [-0.39, 0.29) is 0 Å². The fourth-order valence-electron chi connectivity index (χ4n) is 8.81. The van der Waals surface area contributed by atoms with Crippen molar-refractivity contribution in [1.82, 2.24) is 0 Å². The highest BCUT2D eigenvalue weighted by atomic mass is 16.5. The van der Waals surface area contributed by atoms with Crippen LogP contribution in [-0.4, -0.2) is 13.2 Å². The van der Waals surface area contributed by atoms with Crippen LogP contribution in [0.1, 0.15) is 168 Å². The van der Waals surface area contributed by atoms with Crippen LogP contribution in [0.5, 0.6) is 0 Å². The Labute approximate surface area is 244 Å². The zero-order valence-electron chi connectivity index (χ0n) is 26.4. The lowest BCUT2D eigenvalue weighted by molar-refractivity contribution is 0.169. The molecule has 2 saturated carbocycles. The van der Waals surface area contributed by atoms with Gasteiger partial charge in [-0.3, -0.25) is 0 Å². The Morgan fingerprint density at radius 3 is 1.18 bits per heavy atom. The summed E-state index contributed by atoms with van der Waals surface area (Å²) in [6.07, 6.45) is 39.9. The summed E-state index contributed by atoms with van der Waals surface area (Å²) in [6.45, 7) is 6.47. The van der Waals surface area contributed by atoms with E-state index in [1.807, 2.05) is 0 Å². The monoisotopic (exact) mass is 539 g/mol. The van der Waals surface area contributed by atoms with Gasteiger partial charge < -0.3 is 4.74 Å². The third-order valence-electron chi connectivity index (χ3n) is 11.6. The van der Waals surface area contributed by atoms with Gasteiger partial charge in [0.2, 0.25) is 0 Å². The summed E-state index contributed by atoms with van der Waals surface area (Å²) in [7, 11) is 0. The maximum Gasteiger partial charge on any atom is 0.0681 e. The number of hydrogen-bond acceptors (Lipinski definition) is 1. The van der Waals surface area contributed by atoms with E-state index in [0.717, 1.165) is 48.7 Å². The lowest BCUT2D eigenvalue weighted by atomic mass is 9.77. The molecule has 0 amide bonds. The molecule has 0 spiro atoms. The first-order chi connectivity index (χ1) is 19.2. The zero-order valence-corrected chi connectivity index (χ0v) is 26.4. The molecule has 4 aliphatic rings. The Morgan fingerprint density at radius 2 is 0.846 bits per heavy atom. The van der Waals surface area contributed by atoms with Crippen molar-refractivity contribution in [3.8, 4) is 0 Å². The second-order valence-corrected chi connectivity index (χ2v) is 14.7. The van der Waals surface area contributed by atoms with Crippen molar-refractivity contribution in [2.45, 2.75) is 168 Å². The average molecular weight is 539 g/mol. The van der Waals surface area contributed by atoms with Crippen LogP contribution in [0.2, 0.25) is 0 Å². The highest BCUT2D eigenvalue weighted by Gasteiger charge is 2.23. The maximum absolute atomic E-state index is 6.22. The van der Waals surface area contributed by atoms with Gasteiger partial charge in [0.15, 0.2) is 0 Å². The molecule has 0 N–H and O–H groups in total. The van der Waals surface area contributed by atoms with Gasteiger partial charge in [0.05, 0.1) is 13.2 Å². The smallest absolute Gasteiger partial charge is 0.0681 e. The number of hydrogen-bond donors (Lipinski definition) is 0. The summed E-state index contributed by atoms with van der Waals surface area (Å²) < 4.78 is 6.22. The van der Waals surface area contributed by atoms with E-state index in [1.54, 1.807) is 11.1 Å². The number of allylic oxidation sites excluding steroid dienone is 2. The molecular formula is C38H66O. The van der Waals surface area contributed by atoms with Gasteiger partial charge in [0, 0.05) is 0 Å². The quantitative estimate of drug-likeness (QED) is 0.178. The van der Waals surface area contributed by atoms with Crippen LogP contribution >= 0.6 is 0 Å². The lowest BCUT2D eigenvalue weighted by Gasteiger charge is -2.29. The van der Waals surface area contributed by atoms with E-state index < -0.39 is 0 Å². The molecule has 1 heteroatoms. The van der Waals surface area contributed by atoms with Crippen LogP contribution in [0.15, 0.2) is 23.3 Å². The highest BCUT2D eigenvalue weighted by Crippen LogP contribution is 2.37. The topological polar surface area (TPSA) is 9.23 Å². The van der Waals surface area contributed by atoms with Crippen LogP contribution in [0.4, 0.5) is 0 Å². The predicted molar refractivity (Wildman–Crippen MR) is 170 cm³/mol. The molecule has 0 aromatic carbocycles. The van der Waals surface area contributed by atoms with Crippen LogP contribution in [0, 0.1) is 35.5 Å². The number of ether oxygens (including phenoxy) is 1. The molecule has 2 fully saturated rings. The Kier molecular flexibility index (Phi) is 14.5. The molecule has 0 bridgehead atoms. The van der Waals surface area contributed by atoms with Gasteiger partial charge >= 0.3 is 0 Å². The maximum atomic E-state index is 6.22. The fraction of sp³-hybridized carbons (Fsp3) is 0.895. The molecule has 4 aliphatic carbocycles. The summed E-state index contributed by atoms with van der Waals surface area (Å²) in [5.74, 6) is 6.09. The van der Waals surface area contributed by atoms with E-state index in [0.29, 0.717) is 0 Å². The molecule has 0 heterocycles. The molecule has 2 unspecified atom stereocenters. The Morgan fingerprint density at radius 1 is 0.487 bits per heavy atom. The van der Waals surface area contributed by atoms with E-state index in [2.05, 4.69) is 26.0 Å². The largest absolute Gasteiger partial charge is 0.373 e. The molecule has 2 atom stereocenters. The third-order valence-corrected chi connectivity index (χ3v) is 11.6. The molecule has 0 radical (unpaired) electrons. The van der Waals surface area contributed by atoms with Gasteiger partial charge in [-0.05, 0) is 85.2 Å². The third kappa shape index (κ3) is 11.7. The van der Waals surface area contributed by atoms with Crippen molar-refractivity contribution in [2.24, 2.45) is 35.5 Å². The lowest BCUT2D eigenvalue weighted by Crippen LogP contribution is -2.15. The fourth-order valence-corrected chi connectivity index (χ4v) is 8.81. The molecule has 39 heavy (non-hydrogen) atoms. The summed E-state index contributed by atoms with van der Waals surface area (Å²) >= 11 is 0. The van der Waals surface area contributed by atoms with Crippen molar-refractivity contribution in [1.29, 1.82) is 0 Å². The molecule has 0 aliphatic heterocycles. The number of rotatable bonds is 16. The van der Waals surface area contributed by atoms with Crippen molar-refractivity contribution >= 4 is 0 Å². The van der Waals surface area contributed by atoms with Crippen molar-refractivity contribution < 1.29 is 4.74 Å². The molecule has 0 aromatic rings. The zero-order chi connectivity index (χ0) is 27.1. The van der Waals surface area contributed by atoms with Crippen LogP contribution < -0.4 is 0 Å². The van der Waals surface area contributed by atoms with E-state index in [4.69, 9.17) is 4.74 Å². The second kappa shape index (κ2) is 18.1. The van der Waals surface area contributed by atoms with Gasteiger partial charge in [-0.1, -0.05) is 142 Å². The standard InChI is InChI=1S/C38H66O/c1-3-7-31-13-17-33(18-14-31)9-5-11-35-21-25-37(26-22-35)29-39-30-38-27-23-36(24-28-38)12-6-10-34-19-15-32(8-4-2)16-20-34/h25,27,31-36H,3-24,26,28-30H2,1-2H3. The Balaban J connectivity index is 0.993. The second-order valence-electron chi connectivity index (χ2n) is 14.7. The van der Waals surface area contributed by atoms with Crippen LogP contribution in [0.3, 0.4) is 0 Å². The van der Waals surface area contributed by atoms with Crippen molar-refractivity contribution in [3.05, 3.63) is 23.3 Å².